The number of hydrogen-bond acceptors (Lipinski definition) is 4. The number of aryl methyl sites for hydroxylation is 1. The van der Waals surface area contributed by atoms with Crippen LogP contribution in [0.2, 0.25) is 0 Å². The fourth-order valence-electron chi connectivity index (χ4n) is 2.71. The Kier molecular flexibility index (Phi) is 4.64. The normalized spacial score (nSPS) is 16.8. The highest BCUT2D eigenvalue weighted by molar-refractivity contribution is 6.39. The van der Waals surface area contributed by atoms with Gasteiger partial charge < -0.3 is 15.5 Å². The lowest BCUT2D eigenvalue weighted by atomic mass is 10.2. The maximum absolute atomic E-state index is 13.5. The molecule has 0 saturated carbocycles. The van der Waals surface area contributed by atoms with Crippen LogP contribution in [-0.2, 0) is 16.6 Å². The lowest BCUT2D eigenvalue weighted by Crippen LogP contribution is -2.43. The molecule has 9 heteroatoms. The Balaban J connectivity index is 1.55. The Morgan fingerprint density at radius 3 is 2.80 bits per heavy atom. The molecule has 0 spiro atoms. The number of carbonyl (C=O) groups excluding carboxylic acids is 2. The quantitative estimate of drug-likeness (QED) is 0.812. The molecule has 0 radical (unpaired) electrons. The Labute approximate surface area is 142 Å². The van der Waals surface area contributed by atoms with Crippen molar-refractivity contribution in [2.24, 2.45) is 7.05 Å². The van der Waals surface area contributed by atoms with Gasteiger partial charge in [0, 0.05) is 38.4 Å². The molecule has 1 aliphatic rings. The zero-order valence-corrected chi connectivity index (χ0v) is 13.5. The molecule has 1 aromatic carbocycles. The molecule has 2 aromatic rings. The van der Waals surface area contributed by atoms with E-state index >= 15 is 0 Å². The van der Waals surface area contributed by atoms with E-state index in [1.807, 2.05) is 18.1 Å². The minimum atomic E-state index is -1.04. The molecule has 0 bridgehead atoms. The zero-order valence-electron chi connectivity index (χ0n) is 13.5. The van der Waals surface area contributed by atoms with Gasteiger partial charge in [-0.05, 0) is 18.6 Å². The van der Waals surface area contributed by atoms with Crippen LogP contribution in [-0.4, -0.2) is 40.7 Å². The third-order valence-electron chi connectivity index (χ3n) is 3.96. The standard InChI is InChI=1S/C16H17F2N5O2/c1-22-9-12(7-19-22)23-5-4-11(8-23)20-15(24)16(25)21-14-6-10(17)2-3-13(14)18/h2-3,6-7,9,11H,4-5,8H2,1H3,(H,20,24)(H,21,25). The van der Waals surface area contributed by atoms with Crippen molar-refractivity contribution in [3.05, 3.63) is 42.2 Å². The summed E-state index contributed by atoms with van der Waals surface area (Å²) < 4.78 is 28.3. The number of halogens is 2. The van der Waals surface area contributed by atoms with Gasteiger partial charge in [-0.3, -0.25) is 14.3 Å². The molecule has 1 atom stereocenters. The molecular weight excluding hydrogens is 332 g/mol. The largest absolute Gasteiger partial charge is 0.367 e. The average molecular weight is 349 g/mol. The fourth-order valence-corrected chi connectivity index (χ4v) is 2.71. The van der Waals surface area contributed by atoms with E-state index in [0.29, 0.717) is 13.0 Å². The van der Waals surface area contributed by atoms with Crippen LogP contribution in [0.3, 0.4) is 0 Å². The summed E-state index contributed by atoms with van der Waals surface area (Å²) >= 11 is 0. The van der Waals surface area contributed by atoms with Crippen LogP contribution in [0.1, 0.15) is 6.42 Å². The van der Waals surface area contributed by atoms with Crippen LogP contribution in [0.5, 0.6) is 0 Å². The van der Waals surface area contributed by atoms with Gasteiger partial charge in [0.1, 0.15) is 11.6 Å². The highest BCUT2D eigenvalue weighted by Gasteiger charge is 2.27. The van der Waals surface area contributed by atoms with Crippen molar-refractivity contribution in [3.8, 4) is 0 Å². The van der Waals surface area contributed by atoms with Gasteiger partial charge in [0.2, 0.25) is 0 Å². The van der Waals surface area contributed by atoms with E-state index in [-0.39, 0.29) is 11.7 Å². The third-order valence-corrected chi connectivity index (χ3v) is 3.96. The van der Waals surface area contributed by atoms with Crippen LogP contribution in [0, 0.1) is 11.6 Å². The highest BCUT2D eigenvalue weighted by Crippen LogP contribution is 2.19. The molecule has 2 N–H and O–H groups in total. The van der Waals surface area contributed by atoms with Crippen molar-refractivity contribution in [3.63, 3.8) is 0 Å². The van der Waals surface area contributed by atoms with E-state index < -0.39 is 23.4 Å². The minimum absolute atomic E-state index is 0.212. The zero-order chi connectivity index (χ0) is 18.0. The van der Waals surface area contributed by atoms with E-state index in [4.69, 9.17) is 0 Å². The molecule has 25 heavy (non-hydrogen) atoms. The first-order valence-corrected chi connectivity index (χ1v) is 7.73. The number of anilines is 2. The van der Waals surface area contributed by atoms with Crippen molar-refractivity contribution in [2.45, 2.75) is 12.5 Å². The lowest BCUT2D eigenvalue weighted by Gasteiger charge is -2.16. The van der Waals surface area contributed by atoms with Crippen molar-refractivity contribution in [2.75, 3.05) is 23.3 Å². The highest BCUT2D eigenvalue weighted by atomic mass is 19.1. The monoisotopic (exact) mass is 349 g/mol. The third kappa shape index (κ3) is 3.93. The van der Waals surface area contributed by atoms with Crippen LogP contribution in [0.15, 0.2) is 30.6 Å². The van der Waals surface area contributed by atoms with Crippen LogP contribution >= 0.6 is 0 Å². The molecule has 3 rings (SSSR count). The summed E-state index contributed by atoms with van der Waals surface area (Å²) in [6.45, 7) is 1.26. The first-order chi connectivity index (χ1) is 11.9. The van der Waals surface area contributed by atoms with Gasteiger partial charge in [-0.15, -0.1) is 0 Å². The maximum Gasteiger partial charge on any atom is 0.313 e. The SMILES string of the molecule is Cn1cc(N2CCC(NC(=O)C(=O)Nc3cc(F)ccc3F)C2)cn1. The van der Waals surface area contributed by atoms with E-state index in [0.717, 1.165) is 30.4 Å². The number of hydrogen-bond donors (Lipinski definition) is 2. The summed E-state index contributed by atoms with van der Waals surface area (Å²) in [5.74, 6) is -3.45. The van der Waals surface area contributed by atoms with Crippen molar-refractivity contribution in [1.82, 2.24) is 15.1 Å². The average Bonchev–Trinajstić information content (AvgIpc) is 3.19. The molecule has 1 aliphatic heterocycles. The second-order valence-corrected chi connectivity index (χ2v) is 5.86. The Bertz CT molecular complexity index is 808. The molecule has 1 aromatic heterocycles. The molecule has 7 nitrogen and oxygen atoms in total. The van der Waals surface area contributed by atoms with Gasteiger partial charge in [-0.2, -0.15) is 5.10 Å². The fraction of sp³-hybridized carbons (Fsp3) is 0.312. The van der Waals surface area contributed by atoms with Crippen LogP contribution in [0.4, 0.5) is 20.2 Å². The molecule has 1 unspecified atom stereocenters. The van der Waals surface area contributed by atoms with Gasteiger partial charge >= 0.3 is 11.8 Å². The van der Waals surface area contributed by atoms with Crippen LogP contribution < -0.4 is 15.5 Å². The summed E-state index contributed by atoms with van der Waals surface area (Å²) in [6, 6.07) is 2.42. The number of rotatable bonds is 3. The van der Waals surface area contributed by atoms with E-state index in [9.17, 15) is 18.4 Å². The molecule has 1 saturated heterocycles. The van der Waals surface area contributed by atoms with Gasteiger partial charge in [0.15, 0.2) is 0 Å². The Morgan fingerprint density at radius 2 is 2.08 bits per heavy atom. The maximum atomic E-state index is 13.5. The summed E-state index contributed by atoms with van der Waals surface area (Å²) in [5.41, 5.74) is 0.564. The second-order valence-electron chi connectivity index (χ2n) is 5.86. The minimum Gasteiger partial charge on any atom is -0.367 e. The molecule has 2 heterocycles. The van der Waals surface area contributed by atoms with Crippen molar-refractivity contribution in [1.29, 1.82) is 0 Å². The molecular formula is C16H17F2N5O2. The first-order valence-electron chi connectivity index (χ1n) is 7.73. The number of nitrogens with zero attached hydrogens (tertiary/aromatic N) is 3. The number of amides is 2. The predicted molar refractivity (Wildman–Crippen MR) is 87.0 cm³/mol. The molecule has 2 amide bonds. The lowest BCUT2D eigenvalue weighted by molar-refractivity contribution is -0.136. The first kappa shape index (κ1) is 16.9. The van der Waals surface area contributed by atoms with Crippen LogP contribution in [0.25, 0.3) is 0 Å². The van der Waals surface area contributed by atoms with E-state index in [1.165, 1.54) is 0 Å². The molecule has 0 aliphatic carbocycles. The van der Waals surface area contributed by atoms with E-state index in [1.54, 1.807) is 10.9 Å². The van der Waals surface area contributed by atoms with Crippen molar-refractivity contribution < 1.29 is 18.4 Å². The smallest absolute Gasteiger partial charge is 0.313 e. The van der Waals surface area contributed by atoms with Gasteiger partial charge in [0.05, 0.1) is 17.6 Å². The number of aromatic nitrogens is 2. The topological polar surface area (TPSA) is 79.3 Å². The summed E-state index contributed by atoms with van der Waals surface area (Å²) in [7, 11) is 1.81. The number of benzene rings is 1. The number of nitrogens with one attached hydrogen (secondary N) is 2. The summed E-state index contributed by atoms with van der Waals surface area (Å²) in [6.07, 6.45) is 4.26. The van der Waals surface area contributed by atoms with Gasteiger partial charge in [-0.1, -0.05) is 0 Å². The summed E-state index contributed by atoms with van der Waals surface area (Å²) in [4.78, 5) is 25.9. The number of carbonyl (C=O) groups is 2. The molecule has 132 valence electrons. The second kappa shape index (κ2) is 6.88. The van der Waals surface area contributed by atoms with Gasteiger partial charge in [-0.25, -0.2) is 8.78 Å². The Hall–Kier alpha value is -2.97. The van der Waals surface area contributed by atoms with Gasteiger partial charge in [0.25, 0.3) is 0 Å². The summed E-state index contributed by atoms with van der Waals surface area (Å²) in [5, 5.41) is 8.78. The van der Waals surface area contributed by atoms with Crippen molar-refractivity contribution >= 4 is 23.2 Å². The van der Waals surface area contributed by atoms with E-state index in [2.05, 4.69) is 15.7 Å². The Morgan fingerprint density at radius 1 is 1.28 bits per heavy atom. The predicted octanol–water partition coefficient (Wildman–Crippen LogP) is 1.03. The molecule has 1 fully saturated rings.